The molecule has 2 aliphatic heterocycles. The van der Waals surface area contributed by atoms with Gasteiger partial charge in [0, 0.05) is 17.3 Å². The molecule has 4 heteroatoms. The Bertz CT molecular complexity index is 241. The summed E-state index contributed by atoms with van der Waals surface area (Å²) >= 11 is 5.28. The predicted molar refractivity (Wildman–Crippen MR) is 54.2 cm³/mol. The van der Waals surface area contributed by atoms with Gasteiger partial charge in [0.2, 0.25) is 5.91 Å². The second-order valence-electron chi connectivity index (χ2n) is 3.00. The van der Waals surface area contributed by atoms with Crippen molar-refractivity contribution in [1.29, 1.82) is 0 Å². The third-order valence-corrected chi connectivity index (χ3v) is 3.86. The monoisotopic (exact) mass is 247 g/mol. The second kappa shape index (κ2) is 3.42. The van der Waals surface area contributed by atoms with Crippen LogP contribution in [0.4, 0.5) is 0 Å². The average molecular weight is 248 g/mol. The molecule has 2 nitrogen and oxygen atoms in total. The number of rotatable bonds is 2. The van der Waals surface area contributed by atoms with Gasteiger partial charge in [0.1, 0.15) is 0 Å². The molecular weight excluding hydrogens is 238 g/mol. The van der Waals surface area contributed by atoms with Gasteiger partial charge in [0.05, 0.1) is 11.8 Å². The molecule has 2 rings (SSSR count). The van der Waals surface area contributed by atoms with Crippen LogP contribution in [0.1, 0.15) is 12.8 Å². The highest BCUT2D eigenvalue weighted by molar-refractivity contribution is 9.09. The van der Waals surface area contributed by atoms with E-state index in [0.29, 0.717) is 5.37 Å². The van der Waals surface area contributed by atoms with Crippen molar-refractivity contribution in [2.24, 2.45) is 0 Å². The van der Waals surface area contributed by atoms with E-state index in [4.69, 9.17) is 0 Å². The van der Waals surface area contributed by atoms with Crippen molar-refractivity contribution in [3.05, 3.63) is 11.8 Å². The Hall–Kier alpha value is 0.0400. The summed E-state index contributed by atoms with van der Waals surface area (Å²) < 4.78 is 0. The van der Waals surface area contributed by atoms with Crippen LogP contribution in [-0.2, 0) is 4.79 Å². The maximum Gasteiger partial charge on any atom is 0.230 e. The molecule has 1 saturated heterocycles. The van der Waals surface area contributed by atoms with E-state index in [2.05, 4.69) is 15.9 Å². The SMILES string of the molecule is O=C1CC2SCC(CCBr)=CN12. The van der Waals surface area contributed by atoms with Gasteiger partial charge < -0.3 is 4.90 Å². The predicted octanol–water partition coefficient (Wildman–Crippen LogP) is 1.96. The summed E-state index contributed by atoms with van der Waals surface area (Å²) in [5.41, 5.74) is 1.38. The highest BCUT2D eigenvalue weighted by Gasteiger charge is 2.37. The van der Waals surface area contributed by atoms with Crippen LogP contribution in [0.5, 0.6) is 0 Å². The Morgan fingerprint density at radius 3 is 3.25 bits per heavy atom. The number of nitrogens with zero attached hydrogens (tertiary/aromatic N) is 1. The second-order valence-corrected chi connectivity index (χ2v) is 4.96. The molecule has 12 heavy (non-hydrogen) atoms. The summed E-state index contributed by atoms with van der Waals surface area (Å²) in [6.07, 6.45) is 3.83. The van der Waals surface area contributed by atoms with Gasteiger partial charge in [0.15, 0.2) is 0 Å². The summed E-state index contributed by atoms with van der Waals surface area (Å²) in [6, 6.07) is 0. The Kier molecular flexibility index (Phi) is 2.46. The van der Waals surface area contributed by atoms with Gasteiger partial charge in [0.25, 0.3) is 0 Å². The van der Waals surface area contributed by atoms with Crippen molar-refractivity contribution < 1.29 is 4.79 Å². The zero-order valence-corrected chi connectivity index (χ0v) is 9.03. The molecule has 0 N–H and O–H groups in total. The minimum Gasteiger partial charge on any atom is -0.306 e. The number of alkyl halides is 1. The zero-order chi connectivity index (χ0) is 8.55. The maximum atomic E-state index is 11.1. The first kappa shape index (κ1) is 8.63. The lowest BCUT2D eigenvalue weighted by molar-refractivity contribution is -0.137. The van der Waals surface area contributed by atoms with E-state index in [1.165, 1.54) is 5.57 Å². The topological polar surface area (TPSA) is 20.3 Å². The van der Waals surface area contributed by atoms with E-state index in [1.807, 2.05) is 22.9 Å². The number of hydrogen-bond donors (Lipinski definition) is 0. The molecule has 2 heterocycles. The number of thioether (sulfide) groups is 1. The Morgan fingerprint density at radius 1 is 1.75 bits per heavy atom. The van der Waals surface area contributed by atoms with Crippen molar-refractivity contribution in [2.75, 3.05) is 11.1 Å². The van der Waals surface area contributed by atoms with Gasteiger partial charge in [-0.05, 0) is 12.0 Å². The summed E-state index contributed by atoms with van der Waals surface area (Å²) in [4.78, 5) is 12.9. The van der Waals surface area contributed by atoms with Crippen molar-refractivity contribution in [1.82, 2.24) is 4.90 Å². The standard InChI is InChI=1S/C8H10BrNOS/c9-2-1-6-4-10-7(11)3-8(10)12-5-6/h4,8H,1-3,5H2. The Labute approximate surface area is 84.5 Å². The molecule has 0 saturated carbocycles. The van der Waals surface area contributed by atoms with E-state index >= 15 is 0 Å². The molecule has 1 fully saturated rings. The quantitative estimate of drug-likeness (QED) is 0.550. The van der Waals surface area contributed by atoms with E-state index < -0.39 is 0 Å². The lowest BCUT2D eigenvalue weighted by Gasteiger charge is -2.41. The number of halogens is 1. The van der Waals surface area contributed by atoms with Gasteiger partial charge in [-0.2, -0.15) is 0 Å². The lowest BCUT2D eigenvalue weighted by Crippen LogP contribution is -2.49. The molecule has 2 aliphatic rings. The van der Waals surface area contributed by atoms with Gasteiger partial charge >= 0.3 is 0 Å². The molecule has 0 aromatic rings. The van der Waals surface area contributed by atoms with Crippen LogP contribution in [0.25, 0.3) is 0 Å². The fourth-order valence-corrected chi connectivity index (χ4v) is 3.13. The number of carbonyl (C=O) groups is 1. The molecule has 0 aromatic carbocycles. The van der Waals surface area contributed by atoms with Gasteiger partial charge in [-0.3, -0.25) is 4.79 Å². The molecule has 1 unspecified atom stereocenters. The number of amides is 1. The number of hydrogen-bond acceptors (Lipinski definition) is 2. The molecule has 0 aromatic heterocycles. The summed E-state index contributed by atoms with van der Waals surface area (Å²) in [7, 11) is 0. The fraction of sp³-hybridized carbons (Fsp3) is 0.625. The lowest BCUT2D eigenvalue weighted by atomic mass is 10.1. The third kappa shape index (κ3) is 1.42. The van der Waals surface area contributed by atoms with E-state index in [9.17, 15) is 4.79 Å². The van der Waals surface area contributed by atoms with Crippen molar-refractivity contribution in [3.63, 3.8) is 0 Å². The minimum atomic E-state index is 0.277. The zero-order valence-electron chi connectivity index (χ0n) is 6.62. The number of β-lactam (4-membered cyclic amide) rings is 1. The van der Waals surface area contributed by atoms with E-state index in [0.717, 1.165) is 23.9 Å². The fourth-order valence-electron chi connectivity index (χ4n) is 1.39. The van der Waals surface area contributed by atoms with Gasteiger partial charge in [-0.15, -0.1) is 11.8 Å². The van der Waals surface area contributed by atoms with Crippen LogP contribution < -0.4 is 0 Å². The van der Waals surface area contributed by atoms with Gasteiger partial charge in [-0.25, -0.2) is 0 Å². The molecule has 0 bridgehead atoms. The molecule has 66 valence electrons. The Balaban J connectivity index is 2.03. The van der Waals surface area contributed by atoms with Crippen molar-refractivity contribution >= 4 is 33.6 Å². The first-order valence-electron chi connectivity index (χ1n) is 3.99. The molecule has 0 spiro atoms. The average Bonchev–Trinajstić information content (AvgIpc) is 2.07. The van der Waals surface area contributed by atoms with Crippen LogP contribution in [0.3, 0.4) is 0 Å². The first-order valence-corrected chi connectivity index (χ1v) is 6.16. The summed E-state index contributed by atoms with van der Waals surface area (Å²) in [5.74, 6) is 1.37. The maximum absolute atomic E-state index is 11.1. The van der Waals surface area contributed by atoms with Crippen molar-refractivity contribution in [2.45, 2.75) is 18.2 Å². The highest BCUT2D eigenvalue weighted by atomic mass is 79.9. The van der Waals surface area contributed by atoms with E-state index in [1.54, 1.807) is 0 Å². The van der Waals surface area contributed by atoms with Crippen molar-refractivity contribution in [3.8, 4) is 0 Å². The van der Waals surface area contributed by atoms with Crippen LogP contribution in [0.15, 0.2) is 11.8 Å². The third-order valence-electron chi connectivity index (χ3n) is 2.15. The first-order chi connectivity index (χ1) is 5.81. The van der Waals surface area contributed by atoms with Crippen LogP contribution in [-0.4, -0.2) is 27.3 Å². The number of carbonyl (C=O) groups excluding carboxylic acids is 1. The largest absolute Gasteiger partial charge is 0.306 e. The minimum absolute atomic E-state index is 0.277. The smallest absolute Gasteiger partial charge is 0.230 e. The molecular formula is C8H10BrNOS. The van der Waals surface area contributed by atoms with Crippen LogP contribution in [0, 0.1) is 0 Å². The number of fused-ring (bicyclic) bond motifs is 1. The summed E-state index contributed by atoms with van der Waals surface area (Å²) in [6.45, 7) is 0. The van der Waals surface area contributed by atoms with Crippen LogP contribution in [0.2, 0.25) is 0 Å². The molecule has 0 aliphatic carbocycles. The Morgan fingerprint density at radius 2 is 2.58 bits per heavy atom. The van der Waals surface area contributed by atoms with Crippen LogP contribution >= 0.6 is 27.7 Å². The molecule has 0 radical (unpaired) electrons. The normalized spacial score (nSPS) is 27.8. The molecule has 1 amide bonds. The van der Waals surface area contributed by atoms with Gasteiger partial charge in [-0.1, -0.05) is 15.9 Å². The summed E-state index contributed by atoms with van der Waals surface area (Å²) in [5, 5.41) is 1.45. The van der Waals surface area contributed by atoms with E-state index in [-0.39, 0.29) is 5.91 Å². The molecule has 1 atom stereocenters. The highest BCUT2D eigenvalue weighted by Crippen LogP contribution is 2.36.